The molecule has 0 amide bonds. The Labute approximate surface area is 183 Å². The highest BCUT2D eigenvalue weighted by atomic mass is 32.2. The molecular formula is C22H32N6OS. The number of pyridine rings is 1. The van der Waals surface area contributed by atoms with Crippen LogP contribution in [0, 0.1) is 5.92 Å². The van der Waals surface area contributed by atoms with E-state index in [9.17, 15) is 0 Å². The van der Waals surface area contributed by atoms with Crippen LogP contribution in [0.1, 0.15) is 37.4 Å². The van der Waals surface area contributed by atoms with Gasteiger partial charge in [0.25, 0.3) is 0 Å². The second-order valence-electron chi connectivity index (χ2n) is 8.77. The smallest absolute Gasteiger partial charge is 0.190 e. The molecule has 0 saturated carbocycles. The van der Waals surface area contributed by atoms with Gasteiger partial charge in [-0.25, -0.2) is 0 Å². The third-order valence-electron chi connectivity index (χ3n) is 6.91. The predicted octanol–water partition coefficient (Wildman–Crippen LogP) is 2.80. The summed E-state index contributed by atoms with van der Waals surface area (Å²) in [5.41, 5.74) is 1.28. The minimum atomic E-state index is 0.498. The summed E-state index contributed by atoms with van der Waals surface area (Å²) in [6.45, 7) is 6.45. The lowest BCUT2D eigenvalue weighted by Gasteiger charge is -2.26. The van der Waals surface area contributed by atoms with Gasteiger partial charge in [0.05, 0.1) is 11.9 Å². The highest BCUT2D eigenvalue weighted by molar-refractivity contribution is 7.99. The van der Waals surface area contributed by atoms with Crippen LogP contribution in [0.4, 0.5) is 5.69 Å². The minimum absolute atomic E-state index is 0.498. The molecule has 0 unspecified atom stereocenters. The number of hydrogen-bond acceptors (Lipinski definition) is 7. The molecule has 3 fully saturated rings. The van der Waals surface area contributed by atoms with Crippen molar-refractivity contribution >= 4 is 17.4 Å². The average Bonchev–Trinajstić information content (AvgIpc) is 3.47. The fourth-order valence-corrected chi connectivity index (χ4v) is 6.13. The van der Waals surface area contributed by atoms with E-state index in [-0.39, 0.29) is 0 Å². The summed E-state index contributed by atoms with van der Waals surface area (Å²) in [4.78, 5) is 9.54. The first-order chi connectivity index (χ1) is 14.8. The molecule has 2 aromatic heterocycles. The van der Waals surface area contributed by atoms with Crippen molar-refractivity contribution in [3.63, 3.8) is 0 Å². The molecule has 5 heterocycles. The third-order valence-corrected chi connectivity index (χ3v) is 8.01. The maximum atomic E-state index is 5.48. The van der Waals surface area contributed by atoms with E-state index >= 15 is 0 Å². The van der Waals surface area contributed by atoms with Gasteiger partial charge in [0.15, 0.2) is 5.16 Å². The van der Waals surface area contributed by atoms with Crippen LogP contribution in [0.2, 0.25) is 0 Å². The monoisotopic (exact) mass is 428 g/mol. The van der Waals surface area contributed by atoms with Gasteiger partial charge in [-0.05, 0) is 50.3 Å². The molecule has 0 bridgehead atoms. The van der Waals surface area contributed by atoms with E-state index in [1.165, 1.54) is 44.7 Å². The van der Waals surface area contributed by atoms with Crippen molar-refractivity contribution in [2.75, 3.05) is 50.0 Å². The number of fused-ring (bicyclic) bond motifs is 1. The van der Waals surface area contributed by atoms with Crippen LogP contribution in [-0.2, 0) is 11.8 Å². The summed E-state index contributed by atoms with van der Waals surface area (Å²) in [5.74, 6) is 3.53. The number of likely N-dealkylation sites (tertiary alicyclic amines) is 1. The molecular weight excluding hydrogens is 396 g/mol. The Morgan fingerprint density at radius 2 is 2.07 bits per heavy atom. The van der Waals surface area contributed by atoms with Crippen LogP contribution in [-0.4, -0.2) is 75.8 Å². The van der Waals surface area contributed by atoms with E-state index in [2.05, 4.69) is 42.7 Å². The molecule has 162 valence electrons. The van der Waals surface area contributed by atoms with Crippen LogP contribution >= 0.6 is 11.8 Å². The van der Waals surface area contributed by atoms with Gasteiger partial charge >= 0.3 is 0 Å². The van der Waals surface area contributed by atoms with Crippen LogP contribution in [0.25, 0.3) is 0 Å². The maximum absolute atomic E-state index is 5.48. The molecule has 0 aliphatic carbocycles. The largest absolute Gasteiger partial charge is 0.381 e. The summed E-state index contributed by atoms with van der Waals surface area (Å²) >= 11 is 1.85. The number of thioether (sulfide) groups is 1. The van der Waals surface area contributed by atoms with Gasteiger partial charge in [-0.2, -0.15) is 0 Å². The summed E-state index contributed by atoms with van der Waals surface area (Å²) in [6.07, 6.45) is 8.49. The summed E-state index contributed by atoms with van der Waals surface area (Å²) in [6, 6.07) is 4.90. The zero-order valence-corrected chi connectivity index (χ0v) is 18.6. The van der Waals surface area contributed by atoms with E-state index in [1.54, 1.807) is 0 Å². The molecule has 0 radical (unpaired) electrons. The van der Waals surface area contributed by atoms with E-state index < -0.39 is 0 Å². The molecule has 5 rings (SSSR count). The Balaban J connectivity index is 1.08. The first-order valence-electron chi connectivity index (χ1n) is 11.3. The van der Waals surface area contributed by atoms with E-state index in [0.717, 1.165) is 48.7 Å². The molecule has 2 atom stereocenters. The Morgan fingerprint density at radius 1 is 1.17 bits per heavy atom. The number of anilines is 1. The number of ether oxygens (including phenoxy) is 1. The highest BCUT2D eigenvalue weighted by Crippen LogP contribution is 2.35. The zero-order chi connectivity index (χ0) is 20.3. The van der Waals surface area contributed by atoms with Gasteiger partial charge in [0.2, 0.25) is 0 Å². The van der Waals surface area contributed by atoms with Crippen LogP contribution in [0.15, 0.2) is 29.7 Å². The SMILES string of the molecule is Cn1c(SCCCN2C[C@@H]3CCN(c4cccnc4)[C@@H]3C2)nnc1C1CCOCC1. The fourth-order valence-electron chi connectivity index (χ4n) is 5.29. The second-order valence-corrected chi connectivity index (χ2v) is 9.83. The standard InChI is InChI=1S/C22H32N6OS/c1-26-21(17-6-11-29-12-7-17)24-25-22(26)30-13-3-9-27-15-18-5-10-28(20(18)16-27)19-4-2-8-23-14-19/h2,4,8,14,17-18,20H,3,5-7,9-13,15-16H2,1H3/t18-,20+/m0/s1. The number of aromatic nitrogens is 4. The van der Waals surface area contributed by atoms with Crippen molar-refractivity contribution in [2.45, 2.75) is 42.8 Å². The summed E-state index contributed by atoms with van der Waals surface area (Å²) < 4.78 is 7.68. The van der Waals surface area contributed by atoms with Crippen LogP contribution in [0.3, 0.4) is 0 Å². The van der Waals surface area contributed by atoms with Crippen molar-refractivity contribution in [1.29, 1.82) is 0 Å². The van der Waals surface area contributed by atoms with Crippen molar-refractivity contribution in [1.82, 2.24) is 24.6 Å². The number of hydrogen-bond donors (Lipinski definition) is 0. The lowest BCUT2D eigenvalue weighted by molar-refractivity contribution is 0.0828. The Morgan fingerprint density at radius 3 is 2.90 bits per heavy atom. The van der Waals surface area contributed by atoms with Crippen molar-refractivity contribution in [3.05, 3.63) is 30.4 Å². The Bertz CT molecular complexity index is 824. The van der Waals surface area contributed by atoms with Gasteiger partial charge < -0.3 is 19.1 Å². The fraction of sp³-hybridized carbons (Fsp3) is 0.682. The van der Waals surface area contributed by atoms with E-state index in [4.69, 9.17) is 4.74 Å². The first kappa shape index (κ1) is 20.3. The maximum Gasteiger partial charge on any atom is 0.190 e. The van der Waals surface area contributed by atoms with E-state index in [1.807, 2.05) is 30.2 Å². The van der Waals surface area contributed by atoms with Gasteiger partial charge in [-0.3, -0.25) is 4.98 Å². The molecule has 3 saturated heterocycles. The molecule has 8 heteroatoms. The molecule has 0 N–H and O–H groups in total. The van der Waals surface area contributed by atoms with Crippen LogP contribution < -0.4 is 4.90 Å². The second kappa shape index (κ2) is 9.24. The Hall–Kier alpha value is -1.64. The Kier molecular flexibility index (Phi) is 6.24. The first-order valence-corrected chi connectivity index (χ1v) is 12.3. The van der Waals surface area contributed by atoms with Gasteiger partial charge in [0.1, 0.15) is 5.82 Å². The summed E-state index contributed by atoms with van der Waals surface area (Å²) in [5, 5.41) is 10.00. The predicted molar refractivity (Wildman–Crippen MR) is 119 cm³/mol. The average molecular weight is 429 g/mol. The molecule has 0 aromatic carbocycles. The third kappa shape index (κ3) is 4.22. The number of rotatable bonds is 7. The highest BCUT2D eigenvalue weighted by Gasteiger charge is 2.41. The van der Waals surface area contributed by atoms with Gasteiger partial charge in [-0.1, -0.05) is 11.8 Å². The zero-order valence-electron chi connectivity index (χ0n) is 17.8. The van der Waals surface area contributed by atoms with Crippen molar-refractivity contribution in [3.8, 4) is 0 Å². The topological polar surface area (TPSA) is 59.3 Å². The lowest BCUT2D eigenvalue weighted by Crippen LogP contribution is -2.35. The molecule has 3 aliphatic heterocycles. The van der Waals surface area contributed by atoms with Crippen LogP contribution in [0.5, 0.6) is 0 Å². The molecule has 0 spiro atoms. The van der Waals surface area contributed by atoms with Gasteiger partial charge in [-0.15, -0.1) is 10.2 Å². The van der Waals surface area contributed by atoms with E-state index in [0.29, 0.717) is 12.0 Å². The minimum Gasteiger partial charge on any atom is -0.381 e. The molecule has 3 aliphatic rings. The van der Waals surface area contributed by atoms with Crippen molar-refractivity contribution < 1.29 is 4.74 Å². The lowest BCUT2D eigenvalue weighted by atomic mass is 10.00. The quantitative estimate of drug-likeness (QED) is 0.496. The summed E-state index contributed by atoms with van der Waals surface area (Å²) in [7, 11) is 2.11. The number of nitrogens with zero attached hydrogens (tertiary/aromatic N) is 6. The van der Waals surface area contributed by atoms with Crippen molar-refractivity contribution in [2.24, 2.45) is 13.0 Å². The normalized spacial score (nSPS) is 25.2. The molecule has 30 heavy (non-hydrogen) atoms. The molecule has 7 nitrogen and oxygen atoms in total. The van der Waals surface area contributed by atoms with Gasteiger partial charge in [0, 0.05) is 63.8 Å². The molecule has 2 aromatic rings.